The van der Waals surface area contributed by atoms with E-state index in [1.54, 1.807) is 0 Å². The van der Waals surface area contributed by atoms with Gasteiger partial charge in [0.1, 0.15) is 6.29 Å². The van der Waals surface area contributed by atoms with Crippen molar-refractivity contribution in [3.05, 3.63) is 0 Å². The minimum Gasteiger partial charge on any atom is -0.347 e. The topological polar surface area (TPSA) is 35.5 Å². The summed E-state index contributed by atoms with van der Waals surface area (Å²) in [6, 6.07) is 0. The number of aldehydes is 1. The highest BCUT2D eigenvalue weighted by atomic mass is 16.7. The molecule has 0 aliphatic carbocycles. The Kier molecular flexibility index (Phi) is 2.62. The van der Waals surface area contributed by atoms with Gasteiger partial charge < -0.3 is 14.3 Å². The average Bonchev–Trinajstić information content (AvgIpc) is 2.52. The van der Waals surface area contributed by atoms with E-state index in [2.05, 4.69) is 0 Å². The molecule has 0 saturated carbocycles. The molecule has 0 aromatic rings. The van der Waals surface area contributed by atoms with E-state index >= 15 is 0 Å². The van der Waals surface area contributed by atoms with Gasteiger partial charge in [-0.15, -0.1) is 0 Å². The molecule has 0 aromatic carbocycles. The van der Waals surface area contributed by atoms with Crippen molar-refractivity contribution in [3.8, 4) is 0 Å². The molecular formula is C8H14O3. The lowest BCUT2D eigenvalue weighted by molar-refractivity contribution is -0.190. The summed E-state index contributed by atoms with van der Waals surface area (Å²) >= 11 is 0. The summed E-state index contributed by atoms with van der Waals surface area (Å²) in [7, 11) is 0. The Balaban J connectivity index is 2.65. The maximum absolute atomic E-state index is 10.5. The Bertz CT molecular complexity index is 138. The van der Waals surface area contributed by atoms with Crippen molar-refractivity contribution in [2.45, 2.75) is 26.1 Å². The van der Waals surface area contributed by atoms with Gasteiger partial charge in [0.05, 0.1) is 19.1 Å². The van der Waals surface area contributed by atoms with E-state index in [0.717, 1.165) is 12.7 Å². The standard InChI is InChI=1S/C8H14O3/c1-3-8(7(2)6-9)10-4-5-11-8/h6-7H,3-5H2,1-2H3/t7-/m0/s1. The summed E-state index contributed by atoms with van der Waals surface area (Å²) < 4.78 is 10.8. The van der Waals surface area contributed by atoms with Crippen LogP contribution in [0.2, 0.25) is 0 Å². The lowest BCUT2D eigenvalue weighted by Crippen LogP contribution is -2.37. The fourth-order valence-corrected chi connectivity index (χ4v) is 1.36. The van der Waals surface area contributed by atoms with Gasteiger partial charge in [0, 0.05) is 0 Å². The van der Waals surface area contributed by atoms with Crippen LogP contribution in [0.15, 0.2) is 0 Å². The largest absolute Gasteiger partial charge is 0.347 e. The van der Waals surface area contributed by atoms with Crippen LogP contribution in [0.3, 0.4) is 0 Å². The van der Waals surface area contributed by atoms with E-state index in [-0.39, 0.29) is 5.92 Å². The van der Waals surface area contributed by atoms with Gasteiger partial charge in [-0.25, -0.2) is 0 Å². The molecule has 64 valence electrons. The third-order valence-electron chi connectivity index (χ3n) is 2.17. The first kappa shape index (κ1) is 8.68. The number of carbonyl (C=O) groups excluding carboxylic acids is 1. The van der Waals surface area contributed by atoms with Crippen molar-refractivity contribution in [3.63, 3.8) is 0 Å². The van der Waals surface area contributed by atoms with Crippen LogP contribution in [-0.4, -0.2) is 25.3 Å². The molecule has 1 rings (SSSR count). The van der Waals surface area contributed by atoms with Gasteiger partial charge in [-0.1, -0.05) is 13.8 Å². The molecule has 0 radical (unpaired) electrons. The summed E-state index contributed by atoms with van der Waals surface area (Å²) in [5.41, 5.74) is 0. The molecule has 0 N–H and O–H groups in total. The highest BCUT2D eigenvalue weighted by Crippen LogP contribution is 2.29. The predicted molar refractivity (Wildman–Crippen MR) is 40.2 cm³/mol. The van der Waals surface area contributed by atoms with E-state index in [0.29, 0.717) is 13.2 Å². The van der Waals surface area contributed by atoms with Gasteiger partial charge in [0.2, 0.25) is 0 Å². The van der Waals surface area contributed by atoms with Crippen LogP contribution < -0.4 is 0 Å². The molecule has 0 unspecified atom stereocenters. The quantitative estimate of drug-likeness (QED) is 0.574. The Morgan fingerprint density at radius 1 is 1.55 bits per heavy atom. The highest BCUT2D eigenvalue weighted by molar-refractivity contribution is 5.54. The van der Waals surface area contributed by atoms with Crippen LogP contribution in [-0.2, 0) is 14.3 Å². The van der Waals surface area contributed by atoms with Crippen LogP contribution >= 0.6 is 0 Å². The van der Waals surface area contributed by atoms with Crippen molar-refractivity contribution in [1.82, 2.24) is 0 Å². The first-order valence-corrected chi connectivity index (χ1v) is 3.98. The molecule has 1 fully saturated rings. The van der Waals surface area contributed by atoms with Crippen LogP contribution in [0.5, 0.6) is 0 Å². The molecule has 3 nitrogen and oxygen atoms in total. The monoisotopic (exact) mass is 158 g/mol. The number of rotatable bonds is 3. The summed E-state index contributed by atoms with van der Waals surface area (Å²) in [6.45, 7) is 4.99. The zero-order valence-electron chi connectivity index (χ0n) is 7.00. The molecule has 0 spiro atoms. The van der Waals surface area contributed by atoms with Crippen molar-refractivity contribution >= 4 is 6.29 Å². The van der Waals surface area contributed by atoms with Gasteiger partial charge in [-0.2, -0.15) is 0 Å². The van der Waals surface area contributed by atoms with E-state index in [1.807, 2.05) is 13.8 Å². The zero-order valence-corrected chi connectivity index (χ0v) is 7.00. The number of carbonyl (C=O) groups is 1. The van der Waals surface area contributed by atoms with E-state index in [9.17, 15) is 4.79 Å². The van der Waals surface area contributed by atoms with Gasteiger partial charge in [0.15, 0.2) is 5.79 Å². The fraction of sp³-hybridized carbons (Fsp3) is 0.875. The molecule has 0 amide bonds. The summed E-state index contributed by atoms with van der Waals surface area (Å²) in [6.07, 6.45) is 1.61. The minimum atomic E-state index is -0.623. The lowest BCUT2D eigenvalue weighted by atomic mass is 10.00. The third kappa shape index (κ3) is 1.44. The number of ether oxygens (including phenoxy) is 2. The Hall–Kier alpha value is -0.410. The highest BCUT2D eigenvalue weighted by Gasteiger charge is 2.40. The zero-order chi connectivity index (χ0) is 8.32. The van der Waals surface area contributed by atoms with Gasteiger partial charge in [-0.3, -0.25) is 0 Å². The Morgan fingerprint density at radius 3 is 2.45 bits per heavy atom. The van der Waals surface area contributed by atoms with Crippen molar-refractivity contribution in [2.24, 2.45) is 5.92 Å². The lowest BCUT2D eigenvalue weighted by Gasteiger charge is -2.28. The Morgan fingerprint density at radius 2 is 2.09 bits per heavy atom. The minimum absolute atomic E-state index is 0.171. The van der Waals surface area contributed by atoms with Crippen LogP contribution in [0.1, 0.15) is 20.3 Å². The van der Waals surface area contributed by atoms with E-state index < -0.39 is 5.79 Å². The summed E-state index contributed by atoms with van der Waals surface area (Å²) in [5, 5.41) is 0. The predicted octanol–water partition coefficient (Wildman–Crippen LogP) is 0.974. The fourth-order valence-electron chi connectivity index (χ4n) is 1.36. The van der Waals surface area contributed by atoms with Crippen molar-refractivity contribution in [1.29, 1.82) is 0 Å². The molecule has 11 heavy (non-hydrogen) atoms. The summed E-state index contributed by atoms with van der Waals surface area (Å²) in [4.78, 5) is 10.5. The molecule has 3 heteroatoms. The first-order valence-electron chi connectivity index (χ1n) is 3.98. The van der Waals surface area contributed by atoms with Crippen molar-refractivity contribution in [2.75, 3.05) is 13.2 Å². The summed E-state index contributed by atoms with van der Waals surface area (Å²) in [5.74, 6) is -0.795. The molecule has 1 aliphatic rings. The molecule has 0 aromatic heterocycles. The maximum Gasteiger partial charge on any atom is 0.177 e. The van der Waals surface area contributed by atoms with E-state index in [4.69, 9.17) is 9.47 Å². The normalized spacial score (nSPS) is 24.9. The van der Waals surface area contributed by atoms with Crippen LogP contribution in [0, 0.1) is 5.92 Å². The SMILES string of the molecule is CCC1([C@@H](C)C=O)OCCO1. The number of hydrogen-bond acceptors (Lipinski definition) is 3. The second kappa shape index (κ2) is 3.32. The molecule has 0 bridgehead atoms. The third-order valence-corrected chi connectivity index (χ3v) is 2.17. The molecule has 1 heterocycles. The molecule has 1 atom stereocenters. The molecule has 1 aliphatic heterocycles. The second-order valence-electron chi connectivity index (χ2n) is 2.79. The van der Waals surface area contributed by atoms with Crippen LogP contribution in [0.4, 0.5) is 0 Å². The molecular weight excluding hydrogens is 144 g/mol. The first-order chi connectivity index (χ1) is 5.25. The van der Waals surface area contributed by atoms with Crippen molar-refractivity contribution < 1.29 is 14.3 Å². The molecule has 1 saturated heterocycles. The smallest absolute Gasteiger partial charge is 0.177 e. The van der Waals surface area contributed by atoms with E-state index in [1.165, 1.54) is 0 Å². The number of hydrogen-bond donors (Lipinski definition) is 0. The van der Waals surface area contributed by atoms with Gasteiger partial charge >= 0.3 is 0 Å². The average molecular weight is 158 g/mol. The Labute approximate surface area is 66.7 Å². The van der Waals surface area contributed by atoms with Crippen LogP contribution in [0.25, 0.3) is 0 Å². The van der Waals surface area contributed by atoms with Gasteiger partial charge in [0.25, 0.3) is 0 Å². The maximum atomic E-state index is 10.5. The second-order valence-corrected chi connectivity index (χ2v) is 2.79. The van der Waals surface area contributed by atoms with Gasteiger partial charge in [-0.05, 0) is 6.42 Å².